The monoisotopic (exact) mass is 632 g/mol. The fraction of sp³-hybridized carbons (Fsp3) is 0.794. The van der Waals surface area contributed by atoms with Crippen LogP contribution in [0, 0.1) is 11.8 Å². The van der Waals surface area contributed by atoms with Crippen LogP contribution < -0.4 is 17.0 Å². The average molecular weight is 633 g/mol. The van der Waals surface area contributed by atoms with Crippen LogP contribution in [0.4, 0.5) is 5.95 Å². The highest BCUT2D eigenvalue weighted by molar-refractivity contribution is 5.75. The van der Waals surface area contributed by atoms with Gasteiger partial charge in [-0.3, -0.25) is 19.4 Å². The molecule has 256 valence electrons. The molecule has 0 aliphatic rings. The van der Waals surface area contributed by atoms with Crippen molar-refractivity contribution >= 4 is 29.1 Å². The molecule has 1 unspecified atom stereocenters. The van der Waals surface area contributed by atoms with Crippen LogP contribution in [0.1, 0.15) is 136 Å². The number of nitrogens with two attached hydrogens (primary N) is 2. The van der Waals surface area contributed by atoms with Gasteiger partial charge in [0, 0.05) is 18.9 Å². The number of imidazole rings is 1. The molecule has 0 aliphatic carbocycles. The van der Waals surface area contributed by atoms with Crippen molar-refractivity contribution in [3.8, 4) is 0 Å². The van der Waals surface area contributed by atoms with E-state index in [1.807, 2.05) is 13.8 Å². The number of esters is 2. The van der Waals surface area contributed by atoms with Crippen LogP contribution in [0.2, 0.25) is 0 Å². The minimum Gasteiger partial charge on any atom is -0.465 e. The average Bonchev–Trinajstić information content (AvgIpc) is 3.44. The summed E-state index contributed by atoms with van der Waals surface area (Å²) in [6, 6.07) is -0.709. The van der Waals surface area contributed by atoms with Crippen molar-refractivity contribution in [1.29, 1.82) is 0 Å². The number of unbranched alkanes of at least 4 members (excludes halogenated alkanes) is 14. The van der Waals surface area contributed by atoms with Crippen LogP contribution in [0.25, 0.3) is 11.2 Å². The van der Waals surface area contributed by atoms with Crippen molar-refractivity contribution in [2.75, 3.05) is 18.9 Å². The van der Waals surface area contributed by atoms with E-state index in [2.05, 4.69) is 21.9 Å². The van der Waals surface area contributed by atoms with Crippen LogP contribution in [0.15, 0.2) is 11.1 Å². The van der Waals surface area contributed by atoms with E-state index in [0.29, 0.717) is 25.0 Å². The summed E-state index contributed by atoms with van der Waals surface area (Å²) in [6.07, 6.45) is 22.2. The number of nitrogens with zero attached hydrogens (tertiary/aromatic N) is 3. The van der Waals surface area contributed by atoms with Gasteiger partial charge in [0.1, 0.15) is 6.04 Å². The van der Waals surface area contributed by atoms with Crippen molar-refractivity contribution in [3.63, 3.8) is 0 Å². The Labute approximate surface area is 269 Å². The summed E-state index contributed by atoms with van der Waals surface area (Å²) >= 11 is 0. The Bertz CT molecular complexity index is 1170. The third-order valence-electron chi connectivity index (χ3n) is 8.73. The van der Waals surface area contributed by atoms with Gasteiger partial charge in [0.05, 0.1) is 19.5 Å². The van der Waals surface area contributed by atoms with Crippen molar-refractivity contribution < 1.29 is 19.1 Å². The van der Waals surface area contributed by atoms with Gasteiger partial charge in [0.25, 0.3) is 5.56 Å². The Morgan fingerprint density at radius 3 is 2.02 bits per heavy atom. The summed E-state index contributed by atoms with van der Waals surface area (Å²) in [5.41, 5.74) is 11.9. The summed E-state index contributed by atoms with van der Waals surface area (Å²) in [5, 5.41) is 0. The van der Waals surface area contributed by atoms with Gasteiger partial charge in [0.2, 0.25) is 5.95 Å². The first-order chi connectivity index (χ1) is 21.8. The molecule has 0 saturated carbocycles. The molecule has 2 heterocycles. The van der Waals surface area contributed by atoms with Crippen molar-refractivity contribution in [3.05, 3.63) is 16.7 Å². The van der Waals surface area contributed by atoms with Crippen molar-refractivity contribution in [2.45, 2.75) is 149 Å². The molecule has 2 aromatic heterocycles. The lowest BCUT2D eigenvalue weighted by atomic mass is 10.0. The number of nitrogens with one attached hydrogen (secondary N) is 1. The van der Waals surface area contributed by atoms with Gasteiger partial charge in [-0.2, -0.15) is 4.98 Å². The molecule has 0 aromatic carbocycles. The Morgan fingerprint density at radius 1 is 0.889 bits per heavy atom. The molecule has 3 atom stereocenters. The van der Waals surface area contributed by atoms with Crippen LogP contribution in [0.3, 0.4) is 0 Å². The number of hydrogen-bond donors (Lipinski definition) is 3. The van der Waals surface area contributed by atoms with E-state index >= 15 is 0 Å². The number of nitrogen functional groups attached to an aromatic ring is 1. The first-order valence-electron chi connectivity index (χ1n) is 17.5. The van der Waals surface area contributed by atoms with Crippen LogP contribution in [-0.4, -0.2) is 50.7 Å². The topological polar surface area (TPSA) is 168 Å². The number of fused-ring (bicyclic) bond motifs is 1. The summed E-state index contributed by atoms with van der Waals surface area (Å²) < 4.78 is 12.9. The molecular weight excluding hydrogens is 572 g/mol. The van der Waals surface area contributed by atoms with Crippen molar-refractivity contribution in [1.82, 2.24) is 19.5 Å². The number of rotatable bonds is 26. The van der Waals surface area contributed by atoms with E-state index in [4.69, 9.17) is 20.9 Å². The van der Waals surface area contributed by atoms with Crippen LogP contribution in [0.5, 0.6) is 0 Å². The van der Waals surface area contributed by atoms with E-state index in [9.17, 15) is 14.4 Å². The third kappa shape index (κ3) is 15.3. The second kappa shape index (κ2) is 22.5. The number of carbonyl (C=O) groups excluding carboxylic acids is 2. The van der Waals surface area contributed by atoms with Crippen molar-refractivity contribution in [2.24, 2.45) is 17.6 Å². The van der Waals surface area contributed by atoms with Gasteiger partial charge in [-0.05, 0) is 18.8 Å². The highest BCUT2D eigenvalue weighted by Crippen LogP contribution is 2.16. The molecule has 0 aliphatic heterocycles. The van der Waals surface area contributed by atoms with E-state index < -0.39 is 17.6 Å². The molecule has 0 radical (unpaired) electrons. The molecule has 45 heavy (non-hydrogen) atoms. The molecule has 0 amide bonds. The molecule has 2 aromatic rings. The van der Waals surface area contributed by atoms with Gasteiger partial charge in [-0.15, -0.1) is 0 Å². The number of hydrogen-bond acceptors (Lipinski definition) is 9. The normalized spacial score (nSPS) is 13.5. The number of ether oxygens (including phenoxy) is 2. The van der Waals surface area contributed by atoms with E-state index in [1.54, 1.807) is 4.57 Å². The first-order valence-corrected chi connectivity index (χ1v) is 17.5. The third-order valence-corrected chi connectivity index (χ3v) is 8.73. The lowest BCUT2D eigenvalue weighted by Gasteiger charge is -2.21. The number of aromatic amines is 1. The lowest BCUT2D eigenvalue weighted by molar-refractivity contribution is -0.151. The van der Waals surface area contributed by atoms with E-state index in [1.165, 1.54) is 83.4 Å². The maximum atomic E-state index is 12.5. The SMILES string of the molecule is CCCCCCCCCCCCCCCCCC(=O)OCC(CCn1cnc2c(=O)[nH]c(N)nc21)COC(=O)[C@@H](N)[C@@H](C)CC. The smallest absolute Gasteiger partial charge is 0.323 e. The summed E-state index contributed by atoms with van der Waals surface area (Å²) in [5.74, 6) is -0.971. The fourth-order valence-electron chi connectivity index (χ4n) is 5.38. The quantitative estimate of drug-likeness (QED) is 0.0781. The second-order valence-corrected chi connectivity index (χ2v) is 12.6. The predicted molar refractivity (Wildman–Crippen MR) is 180 cm³/mol. The van der Waals surface area contributed by atoms with E-state index in [-0.39, 0.29) is 42.5 Å². The molecular formula is C34H60N6O5. The van der Waals surface area contributed by atoms with Gasteiger partial charge in [-0.25, -0.2) is 4.98 Å². The highest BCUT2D eigenvalue weighted by Gasteiger charge is 2.23. The Balaban J connectivity index is 1.69. The lowest BCUT2D eigenvalue weighted by Crippen LogP contribution is -2.39. The van der Waals surface area contributed by atoms with Crippen LogP contribution in [-0.2, 0) is 25.6 Å². The zero-order valence-corrected chi connectivity index (χ0v) is 28.2. The number of aryl methyl sites for hydroxylation is 1. The number of anilines is 1. The minimum absolute atomic E-state index is 0.00406. The molecule has 11 heteroatoms. The second-order valence-electron chi connectivity index (χ2n) is 12.6. The summed E-state index contributed by atoms with van der Waals surface area (Å²) in [7, 11) is 0. The van der Waals surface area contributed by atoms with Gasteiger partial charge >= 0.3 is 11.9 Å². The number of H-pyrrole nitrogens is 1. The molecule has 0 fully saturated rings. The maximum Gasteiger partial charge on any atom is 0.323 e. The molecule has 11 nitrogen and oxygen atoms in total. The molecule has 2 rings (SSSR count). The van der Waals surface area contributed by atoms with Crippen LogP contribution >= 0.6 is 0 Å². The maximum absolute atomic E-state index is 12.5. The number of aromatic nitrogens is 4. The minimum atomic E-state index is -0.709. The Morgan fingerprint density at radius 2 is 1.44 bits per heavy atom. The fourth-order valence-corrected chi connectivity index (χ4v) is 5.38. The zero-order chi connectivity index (χ0) is 32.9. The largest absolute Gasteiger partial charge is 0.465 e. The van der Waals surface area contributed by atoms with E-state index in [0.717, 1.165) is 25.7 Å². The molecule has 0 spiro atoms. The van der Waals surface area contributed by atoms with Gasteiger partial charge in [0.15, 0.2) is 11.2 Å². The highest BCUT2D eigenvalue weighted by atomic mass is 16.5. The summed E-state index contributed by atoms with van der Waals surface area (Å²) in [4.78, 5) is 47.9. The summed E-state index contributed by atoms with van der Waals surface area (Å²) in [6.45, 7) is 6.75. The first kappa shape index (κ1) is 38.2. The number of carbonyl (C=O) groups is 2. The van der Waals surface area contributed by atoms with Gasteiger partial charge < -0.3 is 25.5 Å². The molecule has 5 N–H and O–H groups in total. The van der Waals surface area contributed by atoms with Gasteiger partial charge in [-0.1, -0.05) is 117 Å². The molecule has 0 bridgehead atoms. The standard InChI is InChI=1S/C34H60N6O5/c1-4-6-7-8-9-10-11-12-13-14-15-16-17-18-19-20-28(41)44-23-27(24-45-33(43)29(35)26(3)5-2)21-22-40-25-37-30-31(40)38-34(36)39-32(30)42/h25-27,29H,4-24,35H2,1-3H3,(H3,36,38,39,42)/t26-,27?,29-/m0/s1. The molecule has 0 saturated heterocycles. The predicted octanol–water partition coefficient (Wildman–Crippen LogP) is 6.43. The zero-order valence-electron chi connectivity index (χ0n) is 28.2. The Hall–Kier alpha value is -2.95. The Kier molecular flexibility index (Phi) is 19.1.